The number of carbonyl (C=O) groups excluding carboxylic acids is 3. The number of aryl methyl sites for hydroxylation is 1. The van der Waals surface area contributed by atoms with Crippen molar-refractivity contribution < 1.29 is 24.3 Å². The molecule has 36 heavy (non-hydrogen) atoms. The average Bonchev–Trinajstić information content (AvgIpc) is 3.27. The van der Waals surface area contributed by atoms with Crippen LogP contribution < -0.4 is 10.6 Å². The minimum absolute atomic E-state index is 0.0695. The molecule has 0 aliphatic heterocycles. The van der Waals surface area contributed by atoms with E-state index >= 15 is 0 Å². The molecule has 8 heteroatoms. The Morgan fingerprint density at radius 1 is 1.00 bits per heavy atom. The van der Waals surface area contributed by atoms with Crippen molar-refractivity contribution in [2.45, 2.75) is 96.2 Å². The van der Waals surface area contributed by atoms with Gasteiger partial charge < -0.3 is 20.6 Å². The van der Waals surface area contributed by atoms with Crippen molar-refractivity contribution in [1.29, 1.82) is 0 Å². The Morgan fingerprint density at radius 2 is 1.67 bits per heavy atom. The van der Waals surface area contributed by atoms with E-state index < -0.39 is 24.1 Å². The lowest BCUT2D eigenvalue weighted by molar-refractivity contribution is -0.151. The van der Waals surface area contributed by atoms with E-state index in [1.54, 1.807) is 0 Å². The molecule has 0 saturated heterocycles. The monoisotopic (exact) mass is 499 g/mol. The first kappa shape index (κ1) is 27.7. The third kappa shape index (κ3) is 6.65. The maximum absolute atomic E-state index is 13.7. The fourth-order valence-corrected chi connectivity index (χ4v) is 5.84. The summed E-state index contributed by atoms with van der Waals surface area (Å²) < 4.78 is 0. The summed E-state index contributed by atoms with van der Waals surface area (Å²) in [7, 11) is 1.52. The Labute approximate surface area is 214 Å². The fraction of sp³-hybridized carbons (Fsp3) is 0.643. The van der Waals surface area contributed by atoms with Gasteiger partial charge in [0, 0.05) is 19.9 Å². The molecule has 198 valence electrons. The number of likely N-dealkylation sites (N-methyl/N-ethyl adjacent to an activating group) is 1. The Bertz CT molecular complexity index is 956. The van der Waals surface area contributed by atoms with E-state index in [1.165, 1.54) is 24.4 Å². The summed E-state index contributed by atoms with van der Waals surface area (Å²) in [5.74, 6) is -2.28. The quantitative estimate of drug-likeness (QED) is 0.457. The van der Waals surface area contributed by atoms with Gasteiger partial charge in [-0.3, -0.25) is 14.4 Å². The van der Waals surface area contributed by atoms with Crippen LogP contribution in [0.2, 0.25) is 0 Å². The van der Waals surface area contributed by atoms with Gasteiger partial charge in [0.25, 0.3) is 0 Å². The zero-order chi connectivity index (χ0) is 26.4. The Morgan fingerprint density at radius 3 is 2.28 bits per heavy atom. The van der Waals surface area contributed by atoms with Gasteiger partial charge in [0.05, 0.1) is 0 Å². The number of carbonyl (C=O) groups is 4. The molecule has 2 aliphatic rings. The third-order valence-electron chi connectivity index (χ3n) is 7.70. The first-order valence-electron chi connectivity index (χ1n) is 13.2. The van der Waals surface area contributed by atoms with Crippen LogP contribution in [0.1, 0.15) is 82.8 Å². The summed E-state index contributed by atoms with van der Waals surface area (Å²) >= 11 is 0. The van der Waals surface area contributed by atoms with Gasteiger partial charge in [0.15, 0.2) is 0 Å². The van der Waals surface area contributed by atoms with Crippen LogP contribution in [-0.4, -0.2) is 58.9 Å². The van der Waals surface area contributed by atoms with Crippen molar-refractivity contribution in [1.82, 2.24) is 15.5 Å². The Hall–Kier alpha value is -2.90. The van der Waals surface area contributed by atoms with Crippen molar-refractivity contribution in [3.8, 4) is 0 Å². The van der Waals surface area contributed by atoms with Gasteiger partial charge >= 0.3 is 5.97 Å². The zero-order valence-corrected chi connectivity index (χ0v) is 22.0. The molecular weight excluding hydrogens is 458 g/mol. The summed E-state index contributed by atoms with van der Waals surface area (Å²) in [5, 5.41) is 15.6. The molecule has 3 amide bonds. The highest BCUT2D eigenvalue weighted by atomic mass is 16.4. The number of carboxylic acids is 1. The molecule has 0 heterocycles. The largest absolute Gasteiger partial charge is 0.480 e. The molecule has 3 N–H and O–H groups in total. The number of fused-ring (bicyclic) bond motifs is 1. The van der Waals surface area contributed by atoms with Crippen molar-refractivity contribution in [2.24, 2.45) is 11.8 Å². The predicted molar refractivity (Wildman–Crippen MR) is 137 cm³/mol. The number of hydrogen-bond donors (Lipinski definition) is 3. The minimum Gasteiger partial charge on any atom is -0.480 e. The van der Waals surface area contributed by atoms with Crippen LogP contribution in [-0.2, 0) is 25.6 Å². The summed E-state index contributed by atoms with van der Waals surface area (Å²) in [6.45, 7) is 5.24. The lowest BCUT2D eigenvalue weighted by Gasteiger charge is -2.36. The van der Waals surface area contributed by atoms with E-state index in [9.17, 15) is 24.3 Å². The van der Waals surface area contributed by atoms with E-state index in [2.05, 4.69) is 10.6 Å². The first-order valence-corrected chi connectivity index (χ1v) is 13.2. The van der Waals surface area contributed by atoms with E-state index in [-0.39, 0.29) is 35.5 Å². The van der Waals surface area contributed by atoms with Crippen LogP contribution in [0.4, 0.5) is 0 Å². The molecule has 4 atom stereocenters. The van der Waals surface area contributed by atoms with E-state index in [1.807, 2.05) is 38.1 Å². The highest BCUT2D eigenvalue weighted by molar-refractivity contribution is 5.94. The van der Waals surface area contributed by atoms with Crippen molar-refractivity contribution in [2.75, 3.05) is 7.05 Å². The molecule has 1 fully saturated rings. The number of hydrogen-bond acceptors (Lipinski definition) is 4. The van der Waals surface area contributed by atoms with Crippen LogP contribution in [0.3, 0.4) is 0 Å². The van der Waals surface area contributed by atoms with Crippen LogP contribution in [0.5, 0.6) is 0 Å². The second-order valence-corrected chi connectivity index (χ2v) is 10.8. The first-order chi connectivity index (χ1) is 17.1. The number of benzene rings is 1. The molecule has 8 nitrogen and oxygen atoms in total. The number of nitrogens with zero attached hydrogens (tertiary/aromatic N) is 1. The molecule has 0 bridgehead atoms. The molecule has 1 aromatic rings. The van der Waals surface area contributed by atoms with Crippen LogP contribution >= 0.6 is 0 Å². The van der Waals surface area contributed by atoms with Gasteiger partial charge in [-0.25, -0.2) is 4.79 Å². The Kier molecular flexibility index (Phi) is 9.51. The second-order valence-electron chi connectivity index (χ2n) is 10.8. The number of rotatable bonds is 10. The topological polar surface area (TPSA) is 116 Å². The molecule has 1 unspecified atom stereocenters. The summed E-state index contributed by atoms with van der Waals surface area (Å²) in [5.41, 5.74) is 2.22. The highest BCUT2D eigenvalue weighted by Crippen LogP contribution is 2.36. The molecule has 1 saturated carbocycles. The van der Waals surface area contributed by atoms with Crippen molar-refractivity contribution >= 4 is 23.7 Å². The predicted octanol–water partition coefficient (Wildman–Crippen LogP) is 3.24. The van der Waals surface area contributed by atoms with Crippen molar-refractivity contribution in [3.63, 3.8) is 0 Å². The average molecular weight is 500 g/mol. The minimum atomic E-state index is -1.05. The third-order valence-corrected chi connectivity index (χ3v) is 7.70. The summed E-state index contributed by atoms with van der Waals surface area (Å²) in [4.78, 5) is 52.8. The van der Waals surface area contributed by atoms with Gasteiger partial charge in [-0.2, -0.15) is 0 Å². The summed E-state index contributed by atoms with van der Waals surface area (Å²) in [6.07, 6.45) is 6.49. The number of nitrogens with one attached hydrogen (secondary N) is 2. The smallest absolute Gasteiger partial charge is 0.326 e. The molecule has 0 spiro atoms. The molecule has 1 aromatic carbocycles. The normalized spacial score (nSPS) is 20.2. The lowest BCUT2D eigenvalue weighted by atomic mass is 9.82. The van der Waals surface area contributed by atoms with Gasteiger partial charge in [-0.05, 0) is 55.1 Å². The van der Waals surface area contributed by atoms with Crippen molar-refractivity contribution in [3.05, 3.63) is 35.4 Å². The summed E-state index contributed by atoms with van der Waals surface area (Å²) in [6, 6.07) is 5.35. The van der Waals surface area contributed by atoms with Crippen LogP contribution in [0, 0.1) is 11.8 Å². The van der Waals surface area contributed by atoms with Gasteiger partial charge in [-0.1, -0.05) is 57.4 Å². The van der Waals surface area contributed by atoms with Gasteiger partial charge in [0.1, 0.15) is 18.1 Å². The number of aliphatic carboxylic acids is 1. The van der Waals surface area contributed by atoms with Crippen LogP contribution in [0.25, 0.3) is 0 Å². The SMILES string of the molecule is CC(=O)N[C@@H](C(=O)N[C@@H](C(=O)N(C)[C@H](CC(C)C)C(=O)O)C1CCCCC1)C1CCc2ccccc21. The molecular formula is C28H41N3O5. The van der Waals surface area contributed by atoms with Gasteiger partial charge in [-0.15, -0.1) is 0 Å². The number of carboxylic acid groups (broad SMARTS) is 1. The molecule has 0 aromatic heterocycles. The zero-order valence-electron chi connectivity index (χ0n) is 22.0. The number of amides is 3. The van der Waals surface area contributed by atoms with E-state index in [0.717, 1.165) is 50.5 Å². The van der Waals surface area contributed by atoms with Gasteiger partial charge in [0.2, 0.25) is 17.7 Å². The van der Waals surface area contributed by atoms with Crippen LogP contribution in [0.15, 0.2) is 24.3 Å². The Balaban J connectivity index is 1.87. The standard InChI is InChI=1S/C28H41N3O5/c1-17(2)16-23(28(35)36)31(4)27(34)24(20-11-6-5-7-12-20)30-26(33)25(29-18(3)32)22-15-14-19-10-8-9-13-21(19)22/h8-10,13,17,20,22-25H,5-7,11-12,14-16H2,1-4H3,(H,29,32)(H,30,33)(H,35,36)/t22?,23-,24-,25-/m1/s1. The molecule has 2 aliphatic carbocycles. The lowest BCUT2D eigenvalue weighted by Crippen LogP contribution is -2.59. The highest BCUT2D eigenvalue weighted by Gasteiger charge is 2.40. The maximum Gasteiger partial charge on any atom is 0.326 e. The molecule has 3 rings (SSSR count). The fourth-order valence-electron chi connectivity index (χ4n) is 5.84. The second kappa shape index (κ2) is 12.4. The maximum atomic E-state index is 13.7. The van der Waals surface area contributed by atoms with E-state index in [0.29, 0.717) is 6.42 Å². The molecule has 0 radical (unpaired) electrons. The van der Waals surface area contributed by atoms with E-state index in [4.69, 9.17) is 0 Å².